The molecule has 28 heavy (non-hydrogen) atoms. The number of carbonyl (C=O) groups is 1. The average molecular weight is 400 g/mol. The highest BCUT2D eigenvalue weighted by Crippen LogP contribution is 2.30. The van der Waals surface area contributed by atoms with Crippen LogP contribution in [-0.2, 0) is 11.3 Å². The summed E-state index contributed by atoms with van der Waals surface area (Å²) in [6, 6.07) is 11.6. The van der Waals surface area contributed by atoms with Crippen LogP contribution in [0.2, 0.25) is 5.02 Å². The van der Waals surface area contributed by atoms with Crippen molar-refractivity contribution in [1.29, 1.82) is 0 Å². The summed E-state index contributed by atoms with van der Waals surface area (Å²) in [7, 11) is 1.65. The van der Waals surface area contributed by atoms with Crippen molar-refractivity contribution in [2.24, 2.45) is 5.92 Å². The number of ether oxygens (including phenoxy) is 1. The second kappa shape index (κ2) is 7.81. The van der Waals surface area contributed by atoms with Crippen LogP contribution in [0.1, 0.15) is 18.5 Å². The van der Waals surface area contributed by atoms with Crippen LogP contribution in [0.25, 0.3) is 16.9 Å². The summed E-state index contributed by atoms with van der Waals surface area (Å²) in [6.45, 7) is 2.19. The van der Waals surface area contributed by atoms with Crippen LogP contribution in [0, 0.1) is 5.92 Å². The molecule has 0 aliphatic carbocycles. The lowest BCUT2D eigenvalue weighted by Gasteiger charge is -2.30. The molecule has 1 saturated heterocycles. The largest absolute Gasteiger partial charge is 0.497 e. The minimum Gasteiger partial charge on any atom is -0.497 e. The van der Waals surface area contributed by atoms with E-state index in [2.05, 4.69) is 4.90 Å². The second-order valence-electron chi connectivity index (χ2n) is 7.10. The molecule has 0 saturated carbocycles. The van der Waals surface area contributed by atoms with Gasteiger partial charge in [-0.1, -0.05) is 23.7 Å². The van der Waals surface area contributed by atoms with E-state index in [0.717, 1.165) is 41.4 Å². The first-order valence-electron chi connectivity index (χ1n) is 9.31. The number of hydrogen-bond acceptors (Lipinski definition) is 4. The first-order valence-corrected chi connectivity index (χ1v) is 9.69. The van der Waals surface area contributed by atoms with Gasteiger partial charge in [0.1, 0.15) is 11.4 Å². The Hall–Kier alpha value is -2.57. The van der Waals surface area contributed by atoms with Gasteiger partial charge in [0, 0.05) is 18.3 Å². The topological polar surface area (TPSA) is 67.1 Å². The van der Waals surface area contributed by atoms with E-state index in [0.29, 0.717) is 24.4 Å². The zero-order valence-electron chi connectivity index (χ0n) is 15.6. The minimum absolute atomic E-state index is 0.245. The lowest BCUT2D eigenvalue weighted by molar-refractivity contribution is -0.143. The van der Waals surface area contributed by atoms with Crippen LogP contribution < -0.4 is 4.74 Å². The van der Waals surface area contributed by atoms with Crippen LogP contribution in [0.3, 0.4) is 0 Å². The van der Waals surface area contributed by atoms with E-state index < -0.39 is 5.97 Å². The van der Waals surface area contributed by atoms with Gasteiger partial charge < -0.3 is 14.2 Å². The Labute approximate surface area is 168 Å². The van der Waals surface area contributed by atoms with Crippen LogP contribution in [0.5, 0.6) is 5.75 Å². The van der Waals surface area contributed by atoms with Gasteiger partial charge in [-0.3, -0.25) is 9.69 Å². The molecule has 0 spiro atoms. The normalized spacial score (nSPS) is 15.8. The third-order valence-corrected chi connectivity index (χ3v) is 5.56. The van der Waals surface area contributed by atoms with Crippen LogP contribution in [0.15, 0.2) is 42.6 Å². The number of pyridine rings is 1. The predicted octanol–water partition coefficient (Wildman–Crippen LogP) is 3.96. The van der Waals surface area contributed by atoms with Gasteiger partial charge in [0.15, 0.2) is 0 Å². The maximum absolute atomic E-state index is 11.2. The number of rotatable bonds is 5. The van der Waals surface area contributed by atoms with Gasteiger partial charge in [-0.05, 0) is 50.2 Å². The number of likely N-dealkylation sites (tertiary alicyclic amines) is 1. The number of imidazole rings is 1. The number of aromatic nitrogens is 2. The molecule has 0 atom stereocenters. The molecule has 3 aromatic rings. The molecule has 6 nitrogen and oxygen atoms in total. The fourth-order valence-electron chi connectivity index (χ4n) is 3.77. The lowest BCUT2D eigenvalue weighted by atomic mass is 9.97. The van der Waals surface area contributed by atoms with Crippen molar-refractivity contribution in [2.75, 3.05) is 20.2 Å². The van der Waals surface area contributed by atoms with Gasteiger partial charge in [-0.2, -0.15) is 0 Å². The van der Waals surface area contributed by atoms with Crippen molar-refractivity contribution >= 4 is 23.2 Å². The van der Waals surface area contributed by atoms with E-state index in [4.69, 9.17) is 21.3 Å². The third kappa shape index (κ3) is 3.70. The predicted molar refractivity (Wildman–Crippen MR) is 108 cm³/mol. The second-order valence-corrected chi connectivity index (χ2v) is 7.54. The lowest BCUT2D eigenvalue weighted by Crippen LogP contribution is -2.36. The Kier molecular flexibility index (Phi) is 5.24. The molecule has 0 radical (unpaired) electrons. The number of carboxylic acids is 1. The van der Waals surface area contributed by atoms with Crippen molar-refractivity contribution in [2.45, 2.75) is 19.4 Å². The van der Waals surface area contributed by atoms with Crippen molar-refractivity contribution in [3.05, 3.63) is 53.3 Å². The number of hydrogen-bond donors (Lipinski definition) is 1. The van der Waals surface area contributed by atoms with E-state index in [9.17, 15) is 9.90 Å². The molecule has 0 amide bonds. The molecule has 1 aliphatic rings. The Morgan fingerprint density at radius 2 is 2.07 bits per heavy atom. The Bertz CT molecular complexity index is 1010. The Morgan fingerprint density at radius 1 is 1.29 bits per heavy atom. The zero-order valence-corrected chi connectivity index (χ0v) is 16.4. The van der Waals surface area contributed by atoms with Gasteiger partial charge in [-0.25, -0.2) is 4.98 Å². The number of nitrogens with zero attached hydrogens (tertiary/aromatic N) is 3. The fraction of sp³-hybridized carbons (Fsp3) is 0.333. The molecule has 4 rings (SSSR count). The van der Waals surface area contributed by atoms with Gasteiger partial charge in [0.2, 0.25) is 0 Å². The molecular formula is C21H22ClN3O3. The molecule has 2 aromatic heterocycles. The van der Waals surface area contributed by atoms with Gasteiger partial charge in [0.05, 0.1) is 29.4 Å². The summed E-state index contributed by atoms with van der Waals surface area (Å²) in [4.78, 5) is 18.4. The molecule has 3 heterocycles. The molecule has 7 heteroatoms. The summed E-state index contributed by atoms with van der Waals surface area (Å²) >= 11 is 6.24. The van der Waals surface area contributed by atoms with Crippen molar-refractivity contribution in [3.63, 3.8) is 0 Å². The van der Waals surface area contributed by atoms with Gasteiger partial charge >= 0.3 is 5.97 Å². The standard InChI is InChI=1S/C21H22ClN3O3/c1-28-17-4-2-3-15(11-17)20-18(25-12-16(22)5-6-19(25)23-20)13-24-9-7-14(8-10-24)21(26)27/h2-6,11-12,14H,7-10,13H2,1H3,(H,26,27). The Morgan fingerprint density at radius 3 is 2.79 bits per heavy atom. The van der Waals surface area contributed by atoms with E-state index in [-0.39, 0.29) is 5.92 Å². The fourth-order valence-corrected chi connectivity index (χ4v) is 3.93. The molecule has 0 unspecified atom stereocenters. The summed E-state index contributed by atoms with van der Waals surface area (Å²) in [5, 5.41) is 9.88. The summed E-state index contributed by atoms with van der Waals surface area (Å²) in [5.74, 6) is -0.162. The highest BCUT2D eigenvalue weighted by Gasteiger charge is 2.26. The van der Waals surface area contributed by atoms with E-state index in [1.807, 2.05) is 47.0 Å². The summed E-state index contributed by atoms with van der Waals surface area (Å²) in [5.41, 5.74) is 3.74. The average Bonchev–Trinajstić information content (AvgIpc) is 3.06. The van der Waals surface area contributed by atoms with Crippen molar-refractivity contribution in [3.8, 4) is 17.0 Å². The number of aliphatic carboxylic acids is 1. The molecule has 146 valence electrons. The third-order valence-electron chi connectivity index (χ3n) is 5.33. The first-order chi connectivity index (χ1) is 13.5. The number of fused-ring (bicyclic) bond motifs is 1. The van der Waals surface area contributed by atoms with Crippen molar-refractivity contribution in [1.82, 2.24) is 14.3 Å². The van der Waals surface area contributed by atoms with Crippen molar-refractivity contribution < 1.29 is 14.6 Å². The van der Waals surface area contributed by atoms with Crippen LogP contribution in [-0.4, -0.2) is 45.6 Å². The highest BCUT2D eigenvalue weighted by molar-refractivity contribution is 6.30. The smallest absolute Gasteiger partial charge is 0.306 e. The Balaban J connectivity index is 1.71. The molecule has 1 aromatic carbocycles. The molecule has 1 fully saturated rings. The zero-order chi connectivity index (χ0) is 19.7. The van der Waals surface area contributed by atoms with Crippen LogP contribution in [0.4, 0.5) is 0 Å². The SMILES string of the molecule is COc1cccc(-c2nc3ccc(Cl)cn3c2CN2CCC(C(=O)O)CC2)c1. The van der Waals surface area contributed by atoms with E-state index in [1.165, 1.54) is 0 Å². The number of carboxylic acid groups (broad SMARTS) is 1. The quantitative estimate of drug-likeness (QED) is 0.703. The molecule has 1 N–H and O–H groups in total. The number of halogens is 1. The minimum atomic E-state index is -0.696. The summed E-state index contributed by atoms with van der Waals surface area (Å²) in [6.07, 6.45) is 3.22. The summed E-state index contributed by atoms with van der Waals surface area (Å²) < 4.78 is 7.40. The van der Waals surface area contributed by atoms with E-state index in [1.54, 1.807) is 7.11 Å². The maximum atomic E-state index is 11.2. The maximum Gasteiger partial charge on any atom is 0.306 e. The molecule has 1 aliphatic heterocycles. The monoisotopic (exact) mass is 399 g/mol. The van der Waals surface area contributed by atoms with Gasteiger partial charge in [-0.15, -0.1) is 0 Å². The van der Waals surface area contributed by atoms with Crippen LogP contribution >= 0.6 is 11.6 Å². The molecule has 0 bridgehead atoms. The highest BCUT2D eigenvalue weighted by atomic mass is 35.5. The van der Waals surface area contributed by atoms with Gasteiger partial charge in [0.25, 0.3) is 0 Å². The first kappa shape index (κ1) is 18.8. The molecular weight excluding hydrogens is 378 g/mol. The van der Waals surface area contributed by atoms with E-state index >= 15 is 0 Å². The number of piperidine rings is 1. The number of methoxy groups -OCH3 is 1. The number of benzene rings is 1.